The molecule has 0 saturated heterocycles. The number of nitrogens with one attached hydrogen (secondary N) is 1. The van der Waals surface area contributed by atoms with E-state index < -0.39 is 5.41 Å². The van der Waals surface area contributed by atoms with Gasteiger partial charge in [0, 0.05) is 16.7 Å². The zero-order valence-electron chi connectivity index (χ0n) is 15.7. The Hall–Kier alpha value is -2.46. The number of thiazole rings is 1. The van der Waals surface area contributed by atoms with E-state index in [0.717, 1.165) is 17.0 Å². The summed E-state index contributed by atoms with van der Waals surface area (Å²) in [5.74, 6) is 0.435. The molecule has 1 heterocycles. The quantitative estimate of drug-likeness (QED) is 0.654. The second-order valence-electron chi connectivity index (χ2n) is 7.98. The summed E-state index contributed by atoms with van der Waals surface area (Å²) in [7, 11) is 0. The minimum Gasteiger partial charge on any atom is -0.301 e. The number of fused-ring (bicyclic) bond motifs is 1. The molecule has 6 rings (SSSR count). The first-order valence-corrected chi connectivity index (χ1v) is 10.2. The first kappa shape index (κ1) is 16.7. The predicted octanol–water partition coefficient (Wildman–Crippen LogP) is 5.39. The smallest absolute Gasteiger partial charge is 0.233 e. The largest absolute Gasteiger partial charge is 0.301 e. The van der Waals surface area contributed by atoms with Crippen molar-refractivity contribution in [2.75, 3.05) is 5.32 Å². The molecule has 0 spiro atoms. The van der Waals surface area contributed by atoms with Crippen LogP contribution in [0.3, 0.4) is 0 Å². The van der Waals surface area contributed by atoms with Crippen LogP contribution in [0.4, 0.5) is 5.13 Å². The fraction of sp³-hybridized carbons (Fsp3) is 0.304. The van der Waals surface area contributed by atoms with E-state index in [-0.39, 0.29) is 17.7 Å². The molecule has 1 atom stereocenters. The van der Waals surface area contributed by atoms with E-state index in [4.69, 9.17) is 0 Å². The lowest BCUT2D eigenvalue weighted by atomic mass is 9.52. The molecule has 27 heavy (non-hydrogen) atoms. The monoisotopic (exact) mass is 374 g/mol. The third-order valence-corrected chi connectivity index (χ3v) is 7.39. The molecule has 3 aliphatic carbocycles. The average Bonchev–Trinajstić information content (AvgIpc) is 2.99. The lowest BCUT2D eigenvalue weighted by Crippen LogP contribution is -2.47. The van der Waals surface area contributed by atoms with E-state index in [1.165, 1.54) is 22.3 Å². The summed E-state index contributed by atoms with van der Waals surface area (Å²) in [6.07, 6.45) is 0.834. The Labute approximate surface area is 163 Å². The molecule has 0 aliphatic heterocycles. The van der Waals surface area contributed by atoms with Gasteiger partial charge < -0.3 is 5.32 Å². The van der Waals surface area contributed by atoms with Gasteiger partial charge in [0.1, 0.15) is 0 Å². The number of nitrogens with zero attached hydrogens (tertiary/aromatic N) is 1. The number of anilines is 1. The molecule has 1 aromatic heterocycles. The molecule has 1 N–H and O–H groups in total. The van der Waals surface area contributed by atoms with E-state index in [9.17, 15) is 4.79 Å². The Morgan fingerprint density at radius 3 is 2.11 bits per heavy atom. The standard InChI is InChI=1S/C23H22N2OS/c1-13-14(2)27-22(24-13)25-21(26)23(3)12-19-15-8-4-6-10-17(15)20(23)18-11-7-5-9-16(18)19/h4-11,19-20H,12H2,1-3H3,(H,24,25,26)/t19?,20?,23-/m1/s1. The Balaban J connectivity index is 1.60. The van der Waals surface area contributed by atoms with E-state index in [0.29, 0.717) is 5.13 Å². The molecule has 0 radical (unpaired) electrons. The van der Waals surface area contributed by atoms with Crippen LogP contribution in [0, 0.1) is 19.3 Å². The summed E-state index contributed by atoms with van der Waals surface area (Å²) < 4.78 is 0. The Kier molecular flexibility index (Phi) is 3.57. The molecule has 136 valence electrons. The summed E-state index contributed by atoms with van der Waals surface area (Å²) in [6, 6.07) is 17.3. The second-order valence-corrected chi connectivity index (χ2v) is 9.18. The highest BCUT2D eigenvalue weighted by molar-refractivity contribution is 7.15. The lowest BCUT2D eigenvalue weighted by Gasteiger charge is -2.50. The maximum absolute atomic E-state index is 13.5. The molecular weight excluding hydrogens is 352 g/mol. The van der Waals surface area contributed by atoms with Gasteiger partial charge in [-0.25, -0.2) is 4.98 Å². The maximum Gasteiger partial charge on any atom is 0.233 e. The second kappa shape index (κ2) is 5.77. The molecule has 3 aliphatic rings. The van der Waals surface area contributed by atoms with Gasteiger partial charge in [-0.3, -0.25) is 4.79 Å². The van der Waals surface area contributed by atoms with Gasteiger partial charge in [0.15, 0.2) is 5.13 Å². The lowest BCUT2D eigenvalue weighted by molar-refractivity contribution is -0.126. The van der Waals surface area contributed by atoms with Crippen LogP contribution >= 0.6 is 11.3 Å². The minimum absolute atomic E-state index is 0.0789. The summed E-state index contributed by atoms with van der Waals surface area (Å²) in [5.41, 5.74) is 5.87. The van der Waals surface area contributed by atoms with Gasteiger partial charge in [-0.1, -0.05) is 48.5 Å². The number of amides is 1. The molecule has 3 aromatic rings. The number of rotatable bonds is 2. The van der Waals surface area contributed by atoms with Crippen LogP contribution in [-0.4, -0.2) is 10.9 Å². The van der Waals surface area contributed by atoms with E-state index in [2.05, 4.69) is 65.8 Å². The van der Waals surface area contributed by atoms with Crippen molar-refractivity contribution < 1.29 is 4.79 Å². The number of carbonyl (C=O) groups is 1. The Morgan fingerprint density at radius 2 is 1.59 bits per heavy atom. The van der Waals surface area contributed by atoms with Crippen molar-refractivity contribution in [1.29, 1.82) is 0 Å². The normalized spacial score (nSPS) is 25.0. The van der Waals surface area contributed by atoms with Crippen molar-refractivity contribution in [3.63, 3.8) is 0 Å². The first-order valence-electron chi connectivity index (χ1n) is 9.42. The van der Waals surface area contributed by atoms with Crippen LogP contribution < -0.4 is 5.32 Å². The van der Waals surface area contributed by atoms with Crippen LogP contribution in [0.25, 0.3) is 0 Å². The maximum atomic E-state index is 13.5. The fourth-order valence-electron chi connectivity index (χ4n) is 4.96. The van der Waals surface area contributed by atoms with E-state index >= 15 is 0 Å². The SMILES string of the molecule is Cc1nc(NC(=O)[C@]2(C)CC3c4ccccc4C2c2ccccc23)sc1C. The topological polar surface area (TPSA) is 42.0 Å². The first-order chi connectivity index (χ1) is 13.0. The average molecular weight is 375 g/mol. The van der Waals surface area contributed by atoms with Crippen LogP contribution in [-0.2, 0) is 4.79 Å². The van der Waals surface area contributed by atoms with Crippen molar-refractivity contribution in [2.45, 2.75) is 39.0 Å². The number of hydrogen-bond acceptors (Lipinski definition) is 3. The predicted molar refractivity (Wildman–Crippen MR) is 110 cm³/mol. The molecule has 2 aromatic carbocycles. The van der Waals surface area contributed by atoms with Crippen molar-refractivity contribution in [1.82, 2.24) is 4.98 Å². The van der Waals surface area contributed by atoms with Gasteiger partial charge in [0.25, 0.3) is 0 Å². The van der Waals surface area contributed by atoms with E-state index in [1.807, 2.05) is 13.8 Å². The van der Waals surface area contributed by atoms with Crippen LogP contribution in [0.5, 0.6) is 0 Å². The van der Waals surface area contributed by atoms with Gasteiger partial charge in [-0.05, 0) is 49.4 Å². The third-order valence-electron chi connectivity index (χ3n) is 6.40. The van der Waals surface area contributed by atoms with Gasteiger partial charge in [0.2, 0.25) is 5.91 Å². The highest BCUT2D eigenvalue weighted by Crippen LogP contribution is 2.61. The Morgan fingerprint density at radius 1 is 1.04 bits per heavy atom. The van der Waals surface area contributed by atoms with Crippen molar-refractivity contribution in [3.8, 4) is 0 Å². The molecule has 2 bridgehead atoms. The highest BCUT2D eigenvalue weighted by Gasteiger charge is 2.53. The minimum atomic E-state index is -0.485. The zero-order valence-corrected chi connectivity index (χ0v) is 16.6. The van der Waals surface area contributed by atoms with Crippen molar-refractivity contribution in [2.24, 2.45) is 5.41 Å². The number of aromatic nitrogens is 1. The van der Waals surface area contributed by atoms with Crippen molar-refractivity contribution in [3.05, 3.63) is 81.4 Å². The molecular formula is C23H22N2OS. The molecule has 1 amide bonds. The fourth-order valence-corrected chi connectivity index (χ4v) is 5.77. The number of aryl methyl sites for hydroxylation is 2. The van der Waals surface area contributed by atoms with Gasteiger partial charge >= 0.3 is 0 Å². The number of carbonyl (C=O) groups excluding carboxylic acids is 1. The van der Waals surface area contributed by atoms with Gasteiger partial charge in [-0.15, -0.1) is 11.3 Å². The summed E-state index contributed by atoms with van der Waals surface area (Å²) in [6.45, 7) is 6.15. The number of hydrogen-bond donors (Lipinski definition) is 1. The number of benzene rings is 2. The third kappa shape index (κ3) is 2.32. The van der Waals surface area contributed by atoms with Gasteiger partial charge in [-0.2, -0.15) is 0 Å². The molecule has 0 unspecified atom stereocenters. The zero-order chi connectivity index (χ0) is 18.8. The molecule has 0 fully saturated rings. The molecule has 3 nitrogen and oxygen atoms in total. The Bertz CT molecular complexity index is 1000. The van der Waals surface area contributed by atoms with Crippen LogP contribution in [0.1, 0.15) is 58.0 Å². The summed E-state index contributed by atoms with van der Waals surface area (Å²) in [5, 5.41) is 3.84. The highest BCUT2D eigenvalue weighted by atomic mass is 32.1. The van der Waals surface area contributed by atoms with Crippen LogP contribution in [0.15, 0.2) is 48.5 Å². The van der Waals surface area contributed by atoms with Crippen LogP contribution in [0.2, 0.25) is 0 Å². The summed E-state index contributed by atoms with van der Waals surface area (Å²) >= 11 is 1.55. The molecule has 0 saturated carbocycles. The molecule has 4 heteroatoms. The van der Waals surface area contributed by atoms with Crippen molar-refractivity contribution >= 4 is 22.4 Å². The summed E-state index contributed by atoms with van der Waals surface area (Å²) in [4.78, 5) is 19.1. The van der Waals surface area contributed by atoms with E-state index in [1.54, 1.807) is 11.3 Å². The van der Waals surface area contributed by atoms with Gasteiger partial charge in [0.05, 0.1) is 11.1 Å².